The van der Waals surface area contributed by atoms with E-state index in [1.54, 1.807) is 18.2 Å². The Labute approximate surface area is 119 Å². The Hall–Kier alpha value is -3.22. The maximum Gasteiger partial charge on any atom is 0.270 e. The Balaban J connectivity index is 2.16. The topological polar surface area (TPSA) is 108 Å². The Kier molecular flexibility index (Phi) is 4.25. The van der Waals surface area contributed by atoms with E-state index in [4.69, 9.17) is 0 Å². The average Bonchev–Trinajstić information content (AvgIpc) is 2.46. The molecule has 21 heavy (non-hydrogen) atoms. The van der Waals surface area contributed by atoms with Gasteiger partial charge in [-0.3, -0.25) is 10.1 Å². The van der Waals surface area contributed by atoms with Gasteiger partial charge in [0.15, 0.2) is 0 Å². The Bertz CT molecular complexity index is 726. The molecule has 0 aliphatic heterocycles. The number of hydrogen-bond donors (Lipinski definition) is 2. The summed E-state index contributed by atoms with van der Waals surface area (Å²) >= 11 is 0. The van der Waals surface area contributed by atoms with Gasteiger partial charge in [0.1, 0.15) is 11.5 Å². The first kappa shape index (κ1) is 14.2. The molecule has 2 aromatic carbocycles. The average molecular weight is 285 g/mol. The van der Waals surface area contributed by atoms with E-state index in [2.05, 4.69) is 10.2 Å². The summed E-state index contributed by atoms with van der Waals surface area (Å²) in [6.07, 6.45) is 2.53. The molecular weight excluding hydrogens is 274 g/mol. The molecule has 106 valence electrons. The summed E-state index contributed by atoms with van der Waals surface area (Å²) in [7, 11) is 0. The van der Waals surface area contributed by atoms with Gasteiger partial charge in [0, 0.05) is 23.3 Å². The van der Waals surface area contributed by atoms with Gasteiger partial charge in [0.25, 0.3) is 5.69 Å². The molecule has 0 aromatic heterocycles. The summed E-state index contributed by atoms with van der Waals surface area (Å²) in [4.78, 5) is 10.1. The van der Waals surface area contributed by atoms with Crippen molar-refractivity contribution in [2.75, 3.05) is 0 Å². The molecule has 2 rings (SSSR count). The summed E-state index contributed by atoms with van der Waals surface area (Å²) in [5.41, 5.74) is 0.510. The van der Waals surface area contributed by atoms with Crippen LogP contribution >= 0.6 is 0 Å². The molecule has 2 N–H and O–H groups in total. The highest BCUT2D eigenvalue weighted by Crippen LogP contribution is 2.21. The maximum absolute atomic E-state index is 10.6. The molecule has 0 radical (unpaired) electrons. The van der Waals surface area contributed by atoms with Gasteiger partial charge in [-0.1, -0.05) is 12.1 Å². The van der Waals surface area contributed by atoms with Crippen LogP contribution in [-0.2, 0) is 0 Å². The van der Waals surface area contributed by atoms with Gasteiger partial charge < -0.3 is 10.2 Å². The van der Waals surface area contributed by atoms with Gasteiger partial charge in [-0.15, -0.1) is 0 Å². The summed E-state index contributed by atoms with van der Waals surface area (Å²) < 4.78 is 0. The van der Waals surface area contributed by atoms with Crippen LogP contribution < -0.4 is 0 Å². The minimum absolute atomic E-state index is 0.0645. The number of rotatable bonds is 4. The van der Waals surface area contributed by atoms with E-state index in [1.165, 1.54) is 36.7 Å². The molecule has 2 aromatic rings. The van der Waals surface area contributed by atoms with Crippen molar-refractivity contribution in [1.29, 1.82) is 0 Å². The molecule has 0 heterocycles. The van der Waals surface area contributed by atoms with Crippen LogP contribution in [0, 0.1) is 10.1 Å². The van der Waals surface area contributed by atoms with Crippen LogP contribution in [-0.4, -0.2) is 27.6 Å². The first-order chi connectivity index (χ1) is 10.1. The summed E-state index contributed by atoms with van der Waals surface area (Å²) in [6.45, 7) is 0. The number of aromatic hydroxyl groups is 2. The van der Waals surface area contributed by atoms with Gasteiger partial charge >= 0.3 is 0 Å². The van der Waals surface area contributed by atoms with Crippen molar-refractivity contribution in [1.82, 2.24) is 0 Å². The number of nitrogens with zero attached hydrogens (tertiary/aromatic N) is 3. The molecule has 0 aliphatic carbocycles. The number of phenolic OH excluding ortho intramolecular Hbond substituents is 2. The lowest BCUT2D eigenvalue weighted by molar-refractivity contribution is -0.384. The van der Waals surface area contributed by atoms with Gasteiger partial charge in [-0.05, 0) is 18.2 Å². The van der Waals surface area contributed by atoms with E-state index in [0.29, 0.717) is 5.56 Å². The van der Waals surface area contributed by atoms with Gasteiger partial charge in [-0.25, -0.2) is 0 Å². The predicted octanol–water partition coefficient (Wildman–Crippen LogP) is 2.46. The van der Waals surface area contributed by atoms with Crippen LogP contribution in [0.25, 0.3) is 0 Å². The number of hydrogen-bond acceptors (Lipinski definition) is 6. The Morgan fingerprint density at radius 3 is 2.24 bits per heavy atom. The second-order valence-corrected chi connectivity index (χ2v) is 4.05. The van der Waals surface area contributed by atoms with Crippen molar-refractivity contribution < 1.29 is 15.1 Å². The highest BCUT2D eigenvalue weighted by atomic mass is 16.6. The van der Waals surface area contributed by atoms with E-state index in [1.807, 2.05) is 0 Å². The van der Waals surface area contributed by atoms with E-state index in [0.717, 1.165) is 0 Å². The zero-order valence-electron chi connectivity index (χ0n) is 10.7. The third kappa shape index (κ3) is 3.63. The highest BCUT2D eigenvalue weighted by Gasteiger charge is 2.08. The third-order valence-electron chi connectivity index (χ3n) is 2.62. The number of nitro groups is 1. The van der Waals surface area contributed by atoms with Crippen LogP contribution in [0.15, 0.2) is 52.7 Å². The van der Waals surface area contributed by atoms with Crippen LogP contribution in [0.4, 0.5) is 5.69 Å². The van der Waals surface area contributed by atoms with Crippen molar-refractivity contribution in [3.05, 3.63) is 63.7 Å². The molecule has 0 aliphatic rings. The van der Waals surface area contributed by atoms with Gasteiger partial charge in [0.05, 0.1) is 17.4 Å². The SMILES string of the molecule is O=[N+]([O-])c1ccc(O)c(/C=N\N=C/c2ccccc2O)c1. The quantitative estimate of drug-likeness (QED) is 0.511. The monoisotopic (exact) mass is 285 g/mol. The molecule has 0 atom stereocenters. The molecular formula is C14H11N3O4. The smallest absolute Gasteiger partial charge is 0.270 e. The van der Waals surface area contributed by atoms with Gasteiger partial charge in [0.2, 0.25) is 0 Å². The number of non-ortho nitro benzene ring substituents is 1. The van der Waals surface area contributed by atoms with E-state index >= 15 is 0 Å². The van der Waals surface area contributed by atoms with Crippen molar-refractivity contribution in [3.63, 3.8) is 0 Å². The Morgan fingerprint density at radius 1 is 0.952 bits per heavy atom. The van der Waals surface area contributed by atoms with Crippen molar-refractivity contribution >= 4 is 18.1 Å². The van der Waals surface area contributed by atoms with Crippen molar-refractivity contribution in [2.24, 2.45) is 10.2 Å². The second kappa shape index (κ2) is 6.29. The molecule has 0 bridgehead atoms. The van der Waals surface area contributed by atoms with Crippen LogP contribution in [0.3, 0.4) is 0 Å². The molecule has 0 spiro atoms. The van der Waals surface area contributed by atoms with Gasteiger partial charge in [-0.2, -0.15) is 10.2 Å². The lowest BCUT2D eigenvalue weighted by Gasteiger charge is -1.97. The molecule has 7 heteroatoms. The zero-order valence-corrected chi connectivity index (χ0v) is 10.7. The summed E-state index contributed by atoms with van der Waals surface area (Å²) in [6, 6.07) is 10.2. The third-order valence-corrected chi connectivity index (χ3v) is 2.62. The van der Waals surface area contributed by atoms with Crippen LogP contribution in [0.2, 0.25) is 0 Å². The van der Waals surface area contributed by atoms with Crippen LogP contribution in [0.1, 0.15) is 11.1 Å². The first-order valence-corrected chi connectivity index (χ1v) is 5.90. The maximum atomic E-state index is 10.6. The number of phenols is 2. The lowest BCUT2D eigenvalue weighted by Crippen LogP contribution is -1.90. The fourth-order valence-electron chi connectivity index (χ4n) is 1.55. The standard InChI is InChI=1S/C14H11N3O4/c18-13-4-2-1-3-10(13)8-15-16-9-11-7-12(17(20)21)5-6-14(11)19/h1-9,18-19H/b15-8-,16-9-. The minimum atomic E-state index is -0.567. The first-order valence-electron chi connectivity index (χ1n) is 5.90. The lowest BCUT2D eigenvalue weighted by atomic mass is 10.2. The molecule has 0 unspecified atom stereocenters. The van der Waals surface area contributed by atoms with E-state index in [-0.39, 0.29) is 22.7 Å². The Morgan fingerprint density at radius 2 is 1.57 bits per heavy atom. The van der Waals surface area contributed by atoms with E-state index < -0.39 is 4.92 Å². The number of nitro benzene ring substituents is 1. The summed E-state index contributed by atoms with van der Waals surface area (Å²) in [5, 5.41) is 37.1. The van der Waals surface area contributed by atoms with E-state index in [9.17, 15) is 20.3 Å². The molecule has 7 nitrogen and oxygen atoms in total. The van der Waals surface area contributed by atoms with Crippen molar-refractivity contribution in [3.8, 4) is 11.5 Å². The largest absolute Gasteiger partial charge is 0.507 e. The molecule has 0 saturated carbocycles. The predicted molar refractivity (Wildman–Crippen MR) is 78.1 cm³/mol. The fourth-order valence-corrected chi connectivity index (χ4v) is 1.55. The van der Waals surface area contributed by atoms with Crippen LogP contribution in [0.5, 0.6) is 11.5 Å². The molecule has 0 fully saturated rings. The highest BCUT2D eigenvalue weighted by molar-refractivity contribution is 5.86. The normalized spacial score (nSPS) is 11.2. The fraction of sp³-hybridized carbons (Fsp3) is 0. The zero-order chi connectivity index (χ0) is 15.2. The van der Waals surface area contributed by atoms with Crippen molar-refractivity contribution in [2.45, 2.75) is 0 Å². The summed E-state index contributed by atoms with van der Waals surface area (Å²) in [5.74, 6) is -0.0724. The second-order valence-electron chi connectivity index (χ2n) is 4.05. The molecule has 0 amide bonds. The molecule has 0 saturated heterocycles. The minimum Gasteiger partial charge on any atom is -0.507 e. The number of benzene rings is 2. The number of para-hydroxylation sites is 1.